The van der Waals surface area contributed by atoms with Gasteiger partial charge in [-0.05, 0) is 82.1 Å². The lowest BCUT2D eigenvalue weighted by Crippen LogP contribution is -2.28. The number of nitrogens with zero attached hydrogens (tertiary/aromatic N) is 2. The predicted octanol–water partition coefficient (Wildman–Crippen LogP) is 7.39. The molecular formula is C44H54N2O10. The standard InChI is InChI=1S/C23H29NO5.C21H25NO5/c1-5-27-22(23(25)28-6-2)15-18-10-12-20(13-11-18)29-16-21(24-26-4)19-9-7-8-17(3)14-19;1-4-26-20(21(23)24)13-16-8-10-18(11-9-16)27-14-19(22-25-3)17-7-5-6-15(2)12-17/h7-14,22H,5-6,15-16H2,1-4H3;5-12,20H,4,13-14H2,1-3H3,(H,23,24). The Balaban J connectivity index is 0.000000301. The van der Waals surface area contributed by atoms with Gasteiger partial charge in [-0.25, -0.2) is 9.59 Å². The number of carbonyl (C=O) groups excluding carboxylic acids is 1. The summed E-state index contributed by atoms with van der Waals surface area (Å²) in [5, 5.41) is 17.3. The summed E-state index contributed by atoms with van der Waals surface area (Å²) in [5.41, 5.74) is 7.39. The first-order valence-corrected chi connectivity index (χ1v) is 18.5. The van der Waals surface area contributed by atoms with Crippen LogP contribution in [0.5, 0.6) is 11.5 Å². The Morgan fingerprint density at radius 2 is 1.04 bits per heavy atom. The second-order valence-corrected chi connectivity index (χ2v) is 12.4. The highest BCUT2D eigenvalue weighted by atomic mass is 16.6. The minimum absolute atomic E-state index is 0.257. The SMILES string of the molecule is CCOC(=O)C(Cc1ccc(OCC(=NOC)c2cccc(C)c2)cc1)OCC.CCOC(Cc1ccc(OCC(=NOC)c2cccc(C)c2)cc1)C(=O)O. The summed E-state index contributed by atoms with van der Waals surface area (Å²) in [6, 6.07) is 30.8. The Hall–Kier alpha value is -5.72. The highest BCUT2D eigenvalue weighted by molar-refractivity contribution is 6.02. The lowest BCUT2D eigenvalue weighted by Gasteiger charge is -2.16. The van der Waals surface area contributed by atoms with E-state index in [1.54, 1.807) is 26.0 Å². The number of esters is 1. The fourth-order valence-corrected chi connectivity index (χ4v) is 5.43. The van der Waals surface area contributed by atoms with Crippen LogP contribution < -0.4 is 9.47 Å². The fourth-order valence-electron chi connectivity index (χ4n) is 5.43. The van der Waals surface area contributed by atoms with Crippen LogP contribution in [0.4, 0.5) is 0 Å². The van der Waals surface area contributed by atoms with Gasteiger partial charge in [-0.1, -0.05) is 82.1 Å². The molecule has 12 heteroatoms. The first kappa shape index (κ1) is 44.7. The fraction of sp³-hybridized carbons (Fsp3) is 0.364. The van der Waals surface area contributed by atoms with Crippen LogP contribution in [-0.2, 0) is 46.3 Å². The van der Waals surface area contributed by atoms with E-state index in [1.165, 1.54) is 14.2 Å². The van der Waals surface area contributed by atoms with Crippen LogP contribution in [0.2, 0.25) is 0 Å². The molecule has 4 aromatic carbocycles. The lowest BCUT2D eigenvalue weighted by atomic mass is 10.1. The summed E-state index contributed by atoms with van der Waals surface area (Å²) in [6.07, 6.45) is -0.688. The largest absolute Gasteiger partial charge is 0.487 e. The highest BCUT2D eigenvalue weighted by Crippen LogP contribution is 2.18. The van der Waals surface area contributed by atoms with E-state index in [-0.39, 0.29) is 19.2 Å². The second-order valence-electron chi connectivity index (χ2n) is 12.4. The summed E-state index contributed by atoms with van der Waals surface area (Å²) in [5.74, 6) is 0.0665. The third kappa shape index (κ3) is 15.6. The molecule has 12 nitrogen and oxygen atoms in total. The Morgan fingerprint density at radius 1 is 0.607 bits per heavy atom. The molecule has 0 saturated carbocycles. The van der Waals surface area contributed by atoms with Gasteiger partial charge >= 0.3 is 11.9 Å². The van der Waals surface area contributed by atoms with Crippen molar-refractivity contribution in [1.29, 1.82) is 0 Å². The molecule has 0 bridgehead atoms. The summed E-state index contributed by atoms with van der Waals surface area (Å²) in [6.45, 7) is 11.1. The maximum absolute atomic E-state index is 12.0. The number of aryl methyl sites for hydroxylation is 2. The van der Waals surface area contributed by atoms with E-state index < -0.39 is 18.2 Å². The number of carboxylic acid groups (broad SMARTS) is 1. The minimum atomic E-state index is -0.962. The van der Waals surface area contributed by atoms with Crippen molar-refractivity contribution < 1.29 is 48.1 Å². The van der Waals surface area contributed by atoms with Crippen LogP contribution in [-0.4, -0.2) is 87.9 Å². The number of oxime groups is 2. The van der Waals surface area contributed by atoms with Gasteiger partial charge in [0, 0.05) is 37.2 Å². The first-order chi connectivity index (χ1) is 27.1. The topological polar surface area (TPSA) is 144 Å². The number of rotatable bonds is 21. The summed E-state index contributed by atoms with van der Waals surface area (Å²) < 4.78 is 27.5. The zero-order valence-corrected chi connectivity index (χ0v) is 33.4. The van der Waals surface area contributed by atoms with E-state index in [1.807, 2.05) is 106 Å². The number of hydrogen-bond donors (Lipinski definition) is 1. The van der Waals surface area contributed by atoms with Gasteiger partial charge in [0.25, 0.3) is 0 Å². The molecule has 4 rings (SSSR count). The van der Waals surface area contributed by atoms with Gasteiger partial charge in [0.05, 0.1) is 6.61 Å². The van der Waals surface area contributed by atoms with Crippen molar-refractivity contribution in [2.24, 2.45) is 10.3 Å². The molecule has 0 aliphatic heterocycles. The second kappa shape index (κ2) is 24.6. The number of carboxylic acids is 1. The van der Waals surface area contributed by atoms with Crippen molar-refractivity contribution in [3.63, 3.8) is 0 Å². The molecule has 0 fully saturated rings. The number of benzene rings is 4. The quantitative estimate of drug-likeness (QED) is 0.0518. The van der Waals surface area contributed by atoms with Gasteiger partial charge in [0.2, 0.25) is 0 Å². The van der Waals surface area contributed by atoms with E-state index in [0.717, 1.165) is 33.4 Å². The predicted molar refractivity (Wildman–Crippen MR) is 216 cm³/mol. The number of ether oxygens (including phenoxy) is 5. The Kier molecular flexibility index (Phi) is 19.7. The van der Waals surface area contributed by atoms with E-state index in [2.05, 4.69) is 10.3 Å². The van der Waals surface area contributed by atoms with E-state index in [9.17, 15) is 9.59 Å². The third-order valence-corrected chi connectivity index (χ3v) is 8.11. The third-order valence-electron chi connectivity index (χ3n) is 8.11. The molecule has 56 heavy (non-hydrogen) atoms. The molecular weight excluding hydrogens is 716 g/mol. The Morgan fingerprint density at radius 3 is 1.41 bits per heavy atom. The van der Waals surface area contributed by atoms with Crippen LogP contribution in [0.3, 0.4) is 0 Å². The maximum Gasteiger partial charge on any atom is 0.335 e. The summed E-state index contributed by atoms with van der Waals surface area (Å²) in [4.78, 5) is 33.1. The van der Waals surface area contributed by atoms with Crippen molar-refractivity contribution in [1.82, 2.24) is 0 Å². The van der Waals surface area contributed by atoms with Gasteiger partial charge in [0.1, 0.15) is 50.4 Å². The van der Waals surface area contributed by atoms with Gasteiger partial charge in [-0.15, -0.1) is 0 Å². The van der Waals surface area contributed by atoms with Crippen LogP contribution in [0.1, 0.15) is 54.2 Å². The van der Waals surface area contributed by atoms with E-state index in [4.69, 9.17) is 38.5 Å². The number of carbonyl (C=O) groups is 2. The molecule has 0 radical (unpaired) electrons. The van der Waals surface area contributed by atoms with Gasteiger partial charge in [0.15, 0.2) is 12.2 Å². The van der Waals surface area contributed by atoms with Gasteiger partial charge < -0.3 is 38.5 Å². The molecule has 1 N–H and O–H groups in total. The van der Waals surface area contributed by atoms with E-state index >= 15 is 0 Å². The number of aliphatic carboxylic acids is 1. The van der Waals surface area contributed by atoms with E-state index in [0.29, 0.717) is 55.6 Å². The first-order valence-electron chi connectivity index (χ1n) is 18.5. The molecule has 300 valence electrons. The smallest absolute Gasteiger partial charge is 0.335 e. The van der Waals surface area contributed by atoms with Crippen LogP contribution in [0.15, 0.2) is 107 Å². The summed E-state index contributed by atoms with van der Waals surface area (Å²) in [7, 11) is 3.02. The zero-order valence-electron chi connectivity index (χ0n) is 33.4. The van der Waals surface area contributed by atoms with Gasteiger partial charge in [-0.3, -0.25) is 0 Å². The maximum atomic E-state index is 12.0. The van der Waals surface area contributed by atoms with Crippen LogP contribution in [0, 0.1) is 13.8 Å². The molecule has 0 spiro atoms. The van der Waals surface area contributed by atoms with Crippen LogP contribution >= 0.6 is 0 Å². The monoisotopic (exact) mass is 770 g/mol. The average molecular weight is 771 g/mol. The van der Waals surface area contributed by atoms with Crippen molar-refractivity contribution in [3.8, 4) is 11.5 Å². The molecule has 0 saturated heterocycles. The molecule has 0 aliphatic carbocycles. The molecule has 4 aromatic rings. The normalized spacial score (nSPS) is 12.4. The van der Waals surface area contributed by atoms with Gasteiger partial charge in [-0.2, -0.15) is 0 Å². The van der Waals surface area contributed by atoms with Crippen molar-refractivity contribution in [2.75, 3.05) is 47.3 Å². The molecule has 2 atom stereocenters. The number of hydrogen-bond acceptors (Lipinski definition) is 11. The Labute approximate surface area is 330 Å². The van der Waals surface area contributed by atoms with Crippen molar-refractivity contribution in [2.45, 2.75) is 59.7 Å². The average Bonchev–Trinajstić information content (AvgIpc) is 3.19. The highest BCUT2D eigenvalue weighted by Gasteiger charge is 2.21. The molecule has 0 amide bonds. The van der Waals surface area contributed by atoms with Crippen molar-refractivity contribution in [3.05, 3.63) is 130 Å². The van der Waals surface area contributed by atoms with Crippen molar-refractivity contribution >= 4 is 23.4 Å². The lowest BCUT2D eigenvalue weighted by molar-refractivity contribution is -0.156. The molecule has 0 aromatic heterocycles. The molecule has 2 unspecified atom stereocenters. The molecule has 0 aliphatic rings. The minimum Gasteiger partial charge on any atom is -0.487 e. The molecule has 0 heterocycles. The zero-order chi connectivity index (χ0) is 40.7. The Bertz CT molecular complexity index is 1840. The summed E-state index contributed by atoms with van der Waals surface area (Å²) >= 11 is 0. The van der Waals surface area contributed by atoms with Crippen LogP contribution in [0.25, 0.3) is 0 Å².